The summed E-state index contributed by atoms with van der Waals surface area (Å²) in [5.74, 6) is 0.470. The van der Waals surface area contributed by atoms with Crippen LogP contribution in [-0.2, 0) is 0 Å². The highest BCUT2D eigenvalue weighted by Gasteiger charge is 2.22. The van der Waals surface area contributed by atoms with Crippen molar-refractivity contribution < 1.29 is 0 Å². The molecule has 0 aliphatic heterocycles. The Bertz CT molecular complexity index is 752. The molecule has 2 atom stereocenters. The van der Waals surface area contributed by atoms with Gasteiger partial charge in [0.25, 0.3) is 0 Å². The molecule has 5 heteroatoms. The minimum atomic E-state index is -0.642. The van der Waals surface area contributed by atoms with Gasteiger partial charge in [-0.05, 0) is 35.4 Å². The molecular weight excluding hydrogens is 266 g/mol. The van der Waals surface area contributed by atoms with Crippen molar-refractivity contribution in [2.75, 3.05) is 0 Å². The SMILES string of the molecule is CC(CC(N)c1ccc2[nH]c(=O)c(=O)[nH]c2c1)C(C)(C)C. The first-order valence-corrected chi connectivity index (χ1v) is 7.20. The first-order valence-electron chi connectivity index (χ1n) is 7.20. The number of aromatic amines is 2. The molecule has 0 aliphatic rings. The van der Waals surface area contributed by atoms with Gasteiger partial charge in [-0.15, -0.1) is 0 Å². The Kier molecular flexibility index (Phi) is 4.05. The molecule has 5 nitrogen and oxygen atoms in total. The zero-order chi connectivity index (χ0) is 15.8. The molecule has 0 aliphatic carbocycles. The lowest BCUT2D eigenvalue weighted by Gasteiger charge is -2.29. The summed E-state index contributed by atoms with van der Waals surface area (Å²) in [6.07, 6.45) is 0.864. The Morgan fingerprint density at radius 1 is 1.10 bits per heavy atom. The number of aromatic nitrogens is 2. The highest BCUT2D eigenvalue weighted by molar-refractivity contribution is 5.74. The van der Waals surface area contributed by atoms with Crippen molar-refractivity contribution in [3.63, 3.8) is 0 Å². The number of nitrogens with one attached hydrogen (secondary N) is 2. The molecule has 0 radical (unpaired) electrons. The largest absolute Gasteiger partial charge is 0.324 e. The number of hydrogen-bond donors (Lipinski definition) is 3. The number of rotatable bonds is 3. The Morgan fingerprint density at radius 3 is 2.24 bits per heavy atom. The average molecular weight is 289 g/mol. The summed E-state index contributed by atoms with van der Waals surface area (Å²) < 4.78 is 0. The number of benzene rings is 1. The van der Waals surface area contributed by atoms with Gasteiger partial charge in [0, 0.05) is 6.04 Å². The molecule has 2 aromatic rings. The van der Waals surface area contributed by atoms with E-state index in [9.17, 15) is 9.59 Å². The summed E-state index contributed by atoms with van der Waals surface area (Å²) in [6.45, 7) is 8.80. The number of H-pyrrole nitrogens is 2. The fraction of sp³-hybridized carbons (Fsp3) is 0.500. The zero-order valence-corrected chi connectivity index (χ0v) is 13.0. The third-order valence-corrected chi connectivity index (χ3v) is 4.26. The van der Waals surface area contributed by atoms with Crippen LogP contribution in [0.4, 0.5) is 0 Å². The van der Waals surface area contributed by atoms with E-state index in [2.05, 4.69) is 37.7 Å². The Balaban J connectivity index is 2.32. The fourth-order valence-electron chi connectivity index (χ4n) is 2.23. The Hall–Kier alpha value is -1.88. The van der Waals surface area contributed by atoms with Crippen molar-refractivity contribution in [3.05, 3.63) is 44.5 Å². The molecule has 0 saturated carbocycles. The molecule has 1 aromatic heterocycles. The van der Waals surface area contributed by atoms with Crippen LogP contribution in [0, 0.1) is 11.3 Å². The molecule has 4 N–H and O–H groups in total. The molecule has 114 valence electrons. The van der Waals surface area contributed by atoms with Crippen molar-refractivity contribution in [1.82, 2.24) is 9.97 Å². The Morgan fingerprint density at radius 2 is 1.67 bits per heavy atom. The summed E-state index contributed by atoms with van der Waals surface area (Å²) in [5, 5.41) is 0. The summed E-state index contributed by atoms with van der Waals surface area (Å²) >= 11 is 0. The van der Waals surface area contributed by atoms with Crippen LogP contribution in [0.15, 0.2) is 27.8 Å². The second-order valence-corrected chi connectivity index (χ2v) is 6.82. The Labute approximate surface area is 123 Å². The van der Waals surface area contributed by atoms with Crippen LogP contribution in [0.25, 0.3) is 11.0 Å². The summed E-state index contributed by atoms with van der Waals surface area (Å²) in [5.41, 5.74) is 7.39. The highest BCUT2D eigenvalue weighted by atomic mass is 16.2. The van der Waals surface area contributed by atoms with E-state index >= 15 is 0 Å². The monoisotopic (exact) mass is 289 g/mol. The van der Waals surface area contributed by atoms with Gasteiger partial charge in [-0.2, -0.15) is 0 Å². The first-order chi connectivity index (χ1) is 9.68. The molecule has 0 amide bonds. The van der Waals surface area contributed by atoms with Gasteiger partial charge in [0.15, 0.2) is 0 Å². The molecule has 21 heavy (non-hydrogen) atoms. The van der Waals surface area contributed by atoms with Crippen molar-refractivity contribution in [1.29, 1.82) is 0 Å². The van der Waals surface area contributed by atoms with E-state index in [-0.39, 0.29) is 11.5 Å². The van der Waals surface area contributed by atoms with Gasteiger partial charge in [0.1, 0.15) is 0 Å². The van der Waals surface area contributed by atoms with Crippen molar-refractivity contribution in [3.8, 4) is 0 Å². The molecule has 2 unspecified atom stereocenters. The quantitative estimate of drug-likeness (QED) is 0.757. The topological polar surface area (TPSA) is 91.7 Å². The van der Waals surface area contributed by atoms with Gasteiger partial charge >= 0.3 is 11.1 Å². The predicted octanol–water partition coefficient (Wildman–Crippen LogP) is 2.29. The molecule has 1 aromatic carbocycles. The smallest absolute Gasteiger partial charge is 0.314 e. The molecule has 0 spiro atoms. The average Bonchev–Trinajstić information content (AvgIpc) is 2.38. The lowest BCUT2D eigenvalue weighted by Crippen LogP contribution is -2.29. The lowest BCUT2D eigenvalue weighted by atomic mass is 9.78. The van der Waals surface area contributed by atoms with Crippen LogP contribution in [0.1, 0.15) is 45.7 Å². The number of hydrogen-bond acceptors (Lipinski definition) is 3. The van der Waals surface area contributed by atoms with Gasteiger partial charge in [0.2, 0.25) is 0 Å². The second-order valence-electron chi connectivity index (χ2n) is 6.82. The minimum absolute atomic E-state index is 0.0981. The summed E-state index contributed by atoms with van der Waals surface area (Å²) in [4.78, 5) is 27.8. The lowest BCUT2D eigenvalue weighted by molar-refractivity contribution is 0.234. The van der Waals surface area contributed by atoms with Crippen LogP contribution in [0.5, 0.6) is 0 Å². The van der Waals surface area contributed by atoms with E-state index in [0.717, 1.165) is 12.0 Å². The van der Waals surface area contributed by atoms with Crippen LogP contribution >= 0.6 is 0 Å². The van der Waals surface area contributed by atoms with E-state index in [0.29, 0.717) is 17.0 Å². The molecule has 1 heterocycles. The predicted molar refractivity (Wildman–Crippen MR) is 85.4 cm³/mol. The van der Waals surface area contributed by atoms with E-state index in [1.165, 1.54) is 0 Å². The first kappa shape index (κ1) is 15.5. The van der Waals surface area contributed by atoms with E-state index in [1.54, 1.807) is 6.07 Å². The molecule has 2 rings (SSSR count). The van der Waals surface area contributed by atoms with E-state index < -0.39 is 11.1 Å². The highest BCUT2D eigenvalue weighted by Crippen LogP contribution is 2.32. The van der Waals surface area contributed by atoms with Gasteiger partial charge < -0.3 is 15.7 Å². The van der Waals surface area contributed by atoms with Gasteiger partial charge in [-0.1, -0.05) is 33.8 Å². The van der Waals surface area contributed by atoms with Crippen LogP contribution < -0.4 is 16.9 Å². The standard InChI is InChI=1S/C16H23N3O2/c1-9(16(2,3)4)7-11(17)10-5-6-12-13(8-10)19-15(21)14(20)18-12/h5-6,8-9,11H,7,17H2,1-4H3,(H,18,20)(H,19,21). The number of fused-ring (bicyclic) bond motifs is 1. The zero-order valence-electron chi connectivity index (χ0n) is 13.0. The van der Waals surface area contributed by atoms with Crippen LogP contribution in [-0.4, -0.2) is 9.97 Å². The normalized spacial score (nSPS) is 15.1. The molecular formula is C16H23N3O2. The van der Waals surface area contributed by atoms with Crippen LogP contribution in [0.2, 0.25) is 0 Å². The van der Waals surface area contributed by atoms with Crippen molar-refractivity contribution in [2.24, 2.45) is 17.1 Å². The second kappa shape index (κ2) is 5.48. The molecule has 0 saturated heterocycles. The fourth-order valence-corrected chi connectivity index (χ4v) is 2.23. The van der Waals surface area contributed by atoms with Gasteiger partial charge in [-0.3, -0.25) is 9.59 Å². The van der Waals surface area contributed by atoms with Gasteiger partial charge in [0.05, 0.1) is 11.0 Å². The maximum atomic E-state index is 11.4. The van der Waals surface area contributed by atoms with Crippen molar-refractivity contribution in [2.45, 2.75) is 40.2 Å². The molecule has 0 fully saturated rings. The number of nitrogens with two attached hydrogens (primary N) is 1. The van der Waals surface area contributed by atoms with E-state index in [4.69, 9.17) is 5.73 Å². The third-order valence-electron chi connectivity index (χ3n) is 4.26. The summed E-state index contributed by atoms with van der Waals surface area (Å²) in [7, 11) is 0. The summed E-state index contributed by atoms with van der Waals surface area (Å²) in [6, 6.07) is 5.42. The third kappa shape index (κ3) is 3.42. The maximum Gasteiger partial charge on any atom is 0.314 e. The maximum absolute atomic E-state index is 11.4. The molecule has 0 bridgehead atoms. The van der Waals surface area contributed by atoms with Gasteiger partial charge in [-0.25, -0.2) is 0 Å². The minimum Gasteiger partial charge on any atom is -0.324 e. The van der Waals surface area contributed by atoms with Crippen molar-refractivity contribution >= 4 is 11.0 Å². The van der Waals surface area contributed by atoms with Crippen LogP contribution in [0.3, 0.4) is 0 Å². The van der Waals surface area contributed by atoms with E-state index in [1.807, 2.05) is 12.1 Å².